The van der Waals surface area contributed by atoms with E-state index in [1.165, 1.54) is 12.8 Å². The molecule has 1 saturated heterocycles. The highest BCUT2D eigenvalue weighted by Gasteiger charge is 2.14. The van der Waals surface area contributed by atoms with Crippen LogP contribution in [0.2, 0.25) is 0 Å². The third kappa shape index (κ3) is 2.67. The van der Waals surface area contributed by atoms with Crippen molar-refractivity contribution in [2.75, 3.05) is 13.2 Å². The van der Waals surface area contributed by atoms with E-state index in [0.29, 0.717) is 0 Å². The van der Waals surface area contributed by atoms with Gasteiger partial charge < -0.3 is 9.47 Å². The summed E-state index contributed by atoms with van der Waals surface area (Å²) < 4.78 is 10.5. The molecule has 0 aromatic rings. The van der Waals surface area contributed by atoms with Crippen molar-refractivity contribution in [3.05, 3.63) is 6.92 Å². The van der Waals surface area contributed by atoms with Gasteiger partial charge in [-0.1, -0.05) is 19.8 Å². The van der Waals surface area contributed by atoms with E-state index in [1.54, 1.807) is 0 Å². The van der Waals surface area contributed by atoms with E-state index >= 15 is 0 Å². The second-order valence-corrected chi connectivity index (χ2v) is 2.52. The molecule has 0 atom stereocenters. The second-order valence-electron chi connectivity index (χ2n) is 2.52. The van der Waals surface area contributed by atoms with Crippen LogP contribution in [0.1, 0.15) is 25.7 Å². The van der Waals surface area contributed by atoms with Crippen molar-refractivity contribution in [2.45, 2.75) is 32.0 Å². The lowest BCUT2D eigenvalue weighted by atomic mass is 10.2. The van der Waals surface area contributed by atoms with Crippen LogP contribution in [-0.2, 0) is 9.47 Å². The quantitative estimate of drug-likeness (QED) is 0.558. The zero-order valence-corrected chi connectivity index (χ0v) is 6.34. The zero-order chi connectivity index (χ0) is 7.23. The molecule has 1 fully saturated rings. The highest BCUT2D eigenvalue weighted by Crippen LogP contribution is 2.11. The van der Waals surface area contributed by atoms with Crippen LogP contribution in [0.5, 0.6) is 0 Å². The van der Waals surface area contributed by atoms with Crippen LogP contribution in [0.25, 0.3) is 0 Å². The van der Waals surface area contributed by atoms with Gasteiger partial charge in [0, 0.05) is 0 Å². The van der Waals surface area contributed by atoms with Crippen LogP contribution in [-0.4, -0.2) is 19.5 Å². The molecule has 10 heavy (non-hydrogen) atoms. The largest absolute Gasteiger partial charge is 0.350 e. The first-order valence-electron chi connectivity index (χ1n) is 3.96. The van der Waals surface area contributed by atoms with Gasteiger partial charge in [0.05, 0.1) is 13.2 Å². The Morgan fingerprint density at radius 2 is 1.90 bits per heavy atom. The topological polar surface area (TPSA) is 18.5 Å². The number of ether oxygens (including phenoxy) is 2. The minimum atomic E-state index is 0.0894. The summed E-state index contributed by atoms with van der Waals surface area (Å²) >= 11 is 0. The maximum atomic E-state index is 5.26. The van der Waals surface area contributed by atoms with Crippen molar-refractivity contribution in [3.63, 3.8) is 0 Å². The van der Waals surface area contributed by atoms with Crippen LogP contribution >= 0.6 is 0 Å². The lowest BCUT2D eigenvalue weighted by Crippen LogP contribution is -2.06. The predicted octanol–water partition coefficient (Wildman–Crippen LogP) is 1.75. The van der Waals surface area contributed by atoms with Gasteiger partial charge in [0.2, 0.25) is 0 Å². The molecule has 0 aliphatic carbocycles. The van der Waals surface area contributed by atoms with Gasteiger partial charge in [-0.05, 0) is 12.8 Å². The van der Waals surface area contributed by atoms with Gasteiger partial charge >= 0.3 is 0 Å². The van der Waals surface area contributed by atoms with Crippen molar-refractivity contribution in [1.29, 1.82) is 0 Å². The average Bonchev–Trinajstić information content (AvgIpc) is 2.41. The Bertz CT molecular complexity index is 77.3. The molecule has 0 bridgehead atoms. The van der Waals surface area contributed by atoms with Gasteiger partial charge in [-0.2, -0.15) is 0 Å². The Kier molecular flexibility index (Phi) is 3.76. The summed E-state index contributed by atoms with van der Waals surface area (Å²) in [5.41, 5.74) is 0. The molecule has 1 radical (unpaired) electrons. The van der Waals surface area contributed by atoms with Crippen molar-refractivity contribution in [1.82, 2.24) is 0 Å². The molecule has 0 amide bonds. The maximum absolute atomic E-state index is 5.26. The summed E-state index contributed by atoms with van der Waals surface area (Å²) in [4.78, 5) is 0. The summed E-state index contributed by atoms with van der Waals surface area (Å²) in [5.74, 6) is 0. The SMILES string of the molecule is [CH2]CCCCC1OCCO1. The fraction of sp³-hybridized carbons (Fsp3) is 0.875. The molecule has 0 unspecified atom stereocenters. The molecule has 1 rings (SSSR count). The highest BCUT2D eigenvalue weighted by molar-refractivity contribution is 4.53. The van der Waals surface area contributed by atoms with Crippen LogP contribution in [0, 0.1) is 6.92 Å². The molecule has 0 aromatic carbocycles. The van der Waals surface area contributed by atoms with E-state index in [9.17, 15) is 0 Å². The van der Waals surface area contributed by atoms with Crippen LogP contribution < -0.4 is 0 Å². The average molecular weight is 143 g/mol. The summed E-state index contributed by atoms with van der Waals surface area (Å²) in [6.45, 7) is 5.31. The lowest BCUT2D eigenvalue weighted by molar-refractivity contribution is -0.0478. The second kappa shape index (κ2) is 4.69. The molecule has 0 aromatic heterocycles. The van der Waals surface area contributed by atoms with Crippen molar-refractivity contribution >= 4 is 0 Å². The monoisotopic (exact) mass is 143 g/mol. The molecular weight excluding hydrogens is 128 g/mol. The molecule has 1 aliphatic heterocycles. The predicted molar refractivity (Wildman–Crippen MR) is 39.5 cm³/mol. The summed E-state index contributed by atoms with van der Waals surface area (Å²) in [7, 11) is 0. The molecular formula is C8H15O2. The van der Waals surface area contributed by atoms with E-state index in [2.05, 4.69) is 6.92 Å². The fourth-order valence-electron chi connectivity index (χ4n) is 1.06. The number of rotatable bonds is 4. The fourth-order valence-corrected chi connectivity index (χ4v) is 1.06. The van der Waals surface area contributed by atoms with Gasteiger partial charge in [0.1, 0.15) is 0 Å². The Morgan fingerprint density at radius 3 is 2.50 bits per heavy atom. The van der Waals surface area contributed by atoms with E-state index in [0.717, 1.165) is 26.1 Å². The van der Waals surface area contributed by atoms with Crippen molar-refractivity contribution in [2.24, 2.45) is 0 Å². The first-order chi connectivity index (χ1) is 4.93. The molecule has 59 valence electrons. The van der Waals surface area contributed by atoms with Crippen LogP contribution in [0.4, 0.5) is 0 Å². The molecule has 0 saturated carbocycles. The Hall–Kier alpha value is -0.0800. The van der Waals surface area contributed by atoms with Crippen LogP contribution in [0.15, 0.2) is 0 Å². The molecule has 1 aliphatic rings. The van der Waals surface area contributed by atoms with Crippen molar-refractivity contribution in [3.8, 4) is 0 Å². The van der Waals surface area contributed by atoms with Crippen molar-refractivity contribution < 1.29 is 9.47 Å². The van der Waals surface area contributed by atoms with E-state index < -0.39 is 0 Å². The van der Waals surface area contributed by atoms with E-state index in [-0.39, 0.29) is 6.29 Å². The van der Waals surface area contributed by atoms with Gasteiger partial charge in [0.25, 0.3) is 0 Å². The first kappa shape index (κ1) is 8.02. The number of hydrogen-bond donors (Lipinski definition) is 0. The summed E-state index contributed by atoms with van der Waals surface area (Å²) in [6, 6.07) is 0. The Morgan fingerprint density at radius 1 is 1.20 bits per heavy atom. The smallest absolute Gasteiger partial charge is 0.157 e. The molecule has 1 heterocycles. The normalized spacial score (nSPS) is 20.1. The summed E-state index contributed by atoms with van der Waals surface area (Å²) in [5, 5.41) is 0. The van der Waals surface area contributed by atoms with Gasteiger partial charge in [-0.15, -0.1) is 0 Å². The Labute approximate surface area is 62.5 Å². The van der Waals surface area contributed by atoms with Crippen LogP contribution in [0.3, 0.4) is 0 Å². The molecule has 2 heteroatoms. The third-order valence-corrected chi connectivity index (χ3v) is 1.63. The number of hydrogen-bond acceptors (Lipinski definition) is 2. The molecule has 0 spiro atoms. The lowest BCUT2D eigenvalue weighted by Gasteiger charge is -2.06. The Balaban J connectivity index is 1.91. The maximum Gasteiger partial charge on any atom is 0.157 e. The highest BCUT2D eigenvalue weighted by atomic mass is 16.7. The molecule has 0 N–H and O–H groups in total. The number of unbranched alkanes of at least 4 members (excludes halogenated alkanes) is 2. The van der Waals surface area contributed by atoms with E-state index in [4.69, 9.17) is 9.47 Å². The standard InChI is InChI=1S/C8H15O2/c1-2-3-4-5-8-9-6-7-10-8/h8H,1-7H2. The minimum Gasteiger partial charge on any atom is -0.350 e. The van der Waals surface area contributed by atoms with Gasteiger partial charge in [-0.25, -0.2) is 0 Å². The summed E-state index contributed by atoms with van der Waals surface area (Å²) in [6.07, 6.45) is 4.51. The zero-order valence-electron chi connectivity index (χ0n) is 6.34. The minimum absolute atomic E-state index is 0.0894. The first-order valence-corrected chi connectivity index (χ1v) is 3.96. The van der Waals surface area contributed by atoms with E-state index in [1.807, 2.05) is 0 Å². The molecule has 2 nitrogen and oxygen atoms in total. The van der Waals surface area contributed by atoms with Gasteiger partial charge in [-0.3, -0.25) is 0 Å². The van der Waals surface area contributed by atoms with Gasteiger partial charge in [0.15, 0.2) is 6.29 Å². The third-order valence-electron chi connectivity index (χ3n) is 1.63.